The van der Waals surface area contributed by atoms with Gasteiger partial charge in [0.1, 0.15) is 0 Å². The molecule has 0 aliphatic rings. The molecular weight excluding hydrogens is 341 g/mol. The maximum absolute atomic E-state index is 11.0. The Kier molecular flexibility index (Phi) is 26.0. The molecule has 0 saturated heterocycles. The summed E-state index contributed by atoms with van der Waals surface area (Å²) >= 11 is 0. The number of rotatable bonds is 22. The molecule has 0 rings (SSSR count). The van der Waals surface area contributed by atoms with Gasteiger partial charge in [0.05, 0.1) is 5.97 Å². The molecule has 0 fully saturated rings. The maximum Gasteiger partial charge on any atom is 1.00 e. The predicted octanol–water partition coefficient (Wildman–Crippen LogP) is 2.66. The van der Waals surface area contributed by atoms with Crippen molar-refractivity contribution in [2.75, 3.05) is 19.6 Å². The first-order valence-electron chi connectivity index (χ1n) is 11.3. The average Bonchev–Trinajstić information content (AvgIpc) is 2.64. The summed E-state index contributed by atoms with van der Waals surface area (Å²) in [6.07, 6.45) is 23.7. The van der Waals surface area contributed by atoms with Crippen molar-refractivity contribution in [1.29, 1.82) is 0 Å². The standard InChI is InChI=1S/C24H45NO2.Li/c1-3-5-7-9-11-13-15-17-19-21-25(23-24(26)27)22-20-18-16-14-12-10-8-6-4-2;/h3-4H,1-2,5-23H2,(H,26,27);/q;+1/p-1. The fraction of sp³-hybridized carbons (Fsp3) is 0.792. The minimum Gasteiger partial charge on any atom is -0.549 e. The Morgan fingerprint density at radius 3 is 1.29 bits per heavy atom. The second kappa shape index (κ2) is 24.5. The number of unbranched alkanes of at least 4 members (excludes halogenated alkanes) is 14. The van der Waals surface area contributed by atoms with Crippen LogP contribution in [0.1, 0.15) is 103 Å². The van der Waals surface area contributed by atoms with Crippen LogP contribution in [0.3, 0.4) is 0 Å². The monoisotopic (exact) mass is 385 g/mol. The molecule has 0 heterocycles. The predicted molar refractivity (Wildman–Crippen MR) is 116 cm³/mol. The van der Waals surface area contributed by atoms with E-state index in [1.165, 1.54) is 77.0 Å². The van der Waals surface area contributed by atoms with Crippen LogP contribution in [0, 0.1) is 0 Å². The van der Waals surface area contributed by atoms with Gasteiger partial charge in [0, 0.05) is 6.54 Å². The number of allylic oxidation sites excluding steroid dienone is 2. The summed E-state index contributed by atoms with van der Waals surface area (Å²) in [5.41, 5.74) is 0. The third-order valence-corrected chi connectivity index (χ3v) is 5.12. The number of hydrogen-bond acceptors (Lipinski definition) is 3. The van der Waals surface area contributed by atoms with E-state index in [2.05, 4.69) is 18.1 Å². The molecule has 0 bridgehead atoms. The van der Waals surface area contributed by atoms with E-state index in [4.69, 9.17) is 0 Å². The van der Waals surface area contributed by atoms with Crippen molar-refractivity contribution in [2.24, 2.45) is 0 Å². The van der Waals surface area contributed by atoms with Gasteiger partial charge in [0.2, 0.25) is 0 Å². The molecule has 0 aromatic carbocycles. The molecule has 0 spiro atoms. The number of hydrogen-bond donors (Lipinski definition) is 0. The fourth-order valence-corrected chi connectivity index (χ4v) is 3.47. The molecule has 0 amide bonds. The second-order valence-corrected chi connectivity index (χ2v) is 7.75. The zero-order valence-corrected chi connectivity index (χ0v) is 18.8. The molecule has 0 saturated carbocycles. The van der Waals surface area contributed by atoms with Crippen LogP contribution in [0.25, 0.3) is 0 Å². The van der Waals surface area contributed by atoms with E-state index in [0.29, 0.717) is 0 Å². The van der Waals surface area contributed by atoms with E-state index in [0.717, 1.165) is 38.8 Å². The summed E-state index contributed by atoms with van der Waals surface area (Å²) in [7, 11) is 0. The molecule has 3 nitrogen and oxygen atoms in total. The number of carbonyl (C=O) groups is 1. The van der Waals surface area contributed by atoms with Crippen LogP contribution >= 0.6 is 0 Å². The summed E-state index contributed by atoms with van der Waals surface area (Å²) in [4.78, 5) is 13.0. The summed E-state index contributed by atoms with van der Waals surface area (Å²) in [6, 6.07) is 0. The zero-order chi connectivity index (χ0) is 20.0. The minimum atomic E-state index is -0.945. The van der Waals surface area contributed by atoms with Gasteiger partial charge in [0.25, 0.3) is 0 Å². The van der Waals surface area contributed by atoms with Crippen LogP contribution < -0.4 is 24.0 Å². The van der Waals surface area contributed by atoms with Gasteiger partial charge in [-0.3, -0.25) is 4.90 Å². The maximum atomic E-state index is 11.0. The molecule has 158 valence electrons. The third kappa shape index (κ3) is 23.5. The average molecular weight is 386 g/mol. The van der Waals surface area contributed by atoms with E-state index < -0.39 is 5.97 Å². The molecule has 0 N–H and O–H groups in total. The van der Waals surface area contributed by atoms with Crippen LogP contribution in [0.5, 0.6) is 0 Å². The molecule has 0 radical (unpaired) electrons. The Bertz CT molecular complexity index is 335. The first kappa shape index (κ1) is 29.7. The van der Waals surface area contributed by atoms with Crippen LogP contribution in [0.4, 0.5) is 0 Å². The fourth-order valence-electron chi connectivity index (χ4n) is 3.47. The summed E-state index contributed by atoms with van der Waals surface area (Å²) in [5.74, 6) is -0.945. The van der Waals surface area contributed by atoms with Gasteiger partial charge in [0.15, 0.2) is 0 Å². The molecular formula is C24H44LiNO2. The van der Waals surface area contributed by atoms with Gasteiger partial charge in [-0.05, 0) is 51.6 Å². The summed E-state index contributed by atoms with van der Waals surface area (Å²) in [5, 5.41) is 11.0. The van der Waals surface area contributed by atoms with Gasteiger partial charge in [-0.15, -0.1) is 13.2 Å². The van der Waals surface area contributed by atoms with E-state index in [1.807, 2.05) is 12.2 Å². The molecule has 0 unspecified atom stereocenters. The van der Waals surface area contributed by atoms with Gasteiger partial charge in [-0.1, -0.05) is 76.4 Å². The second-order valence-electron chi connectivity index (χ2n) is 7.75. The summed E-state index contributed by atoms with van der Waals surface area (Å²) < 4.78 is 0. The third-order valence-electron chi connectivity index (χ3n) is 5.12. The Morgan fingerprint density at radius 2 is 0.964 bits per heavy atom. The van der Waals surface area contributed by atoms with Gasteiger partial charge in [-0.25, -0.2) is 0 Å². The Balaban J connectivity index is 0. The van der Waals surface area contributed by atoms with Crippen LogP contribution in [-0.4, -0.2) is 30.5 Å². The molecule has 0 aliphatic carbocycles. The van der Waals surface area contributed by atoms with Crippen molar-refractivity contribution in [2.45, 2.75) is 103 Å². The smallest absolute Gasteiger partial charge is 0.549 e. The normalized spacial score (nSPS) is 10.6. The van der Waals surface area contributed by atoms with E-state index in [1.54, 1.807) is 0 Å². The quantitative estimate of drug-likeness (QED) is 0.163. The molecule has 0 aromatic heterocycles. The number of nitrogens with zero attached hydrogens (tertiary/aromatic N) is 1. The van der Waals surface area contributed by atoms with Crippen molar-refractivity contribution in [1.82, 2.24) is 4.90 Å². The van der Waals surface area contributed by atoms with Crippen molar-refractivity contribution >= 4 is 5.97 Å². The van der Waals surface area contributed by atoms with Gasteiger partial charge < -0.3 is 9.90 Å². The van der Waals surface area contributed by atoms with Crippen molar-refractivity contribution in [3.8, 4) is 0 Å². The number of aliphatic carboxylic acids is 1. The Labute approximate surface area is 187 Å². The van der Waals surface area contributed by atoms with Crippen LogP contribution in [0.2, 0.25) is 0 Å². The van der Waals surface area contributed by atoms with E-state index >= 15 is 0 Å². The molecule has 0 atom stereocenters. The van der Waals surface area contributed by atoms with E-state index in [9.17, 15) is 9.90 Å². The Hall–Kier alpha value is -0.493. The molecule has 0 aromatic rings. The molecule has 0 aliphatic heterocycles. The van der Waals surface area contributed by atoms with Gasteiger partial charge >= 0.3 is 18.9 Å². The van der Waals surface area contributed by atoms with Crippen LogP contribution in [-0.2, 0) is 4.79 Å². The van der Waals surface area contributed by atoms with Crippen LogP contribution in [0.15, 0.2) is 25.3 Å². The van der Waals surface area contributed by atoms with E-state index in [-0.39, 0.29) is 25.4 Å². The minimum absolute atomic E-state index is 0. The van der Waals surface area contributed by atoms with Crippen molar-refractivity contribution in [3.63, 3.8) is 0 Å². The number of carboxylic acids is 1. The van der Waals surface area contributed by atoms with Crippen molar-refractivity contribution < 1.29 is 28.8 Å². The molecule has 4 heteroatoms. The first-order valence-corrected chi connectivity index (χ1v) is 11.3. The van der Waals surface area contributed by atoms with Crippen molar-refractivity contribution in [3.05, 3.63) is 25.3 Å². The SMILES string of the molecule is C=CCCCCCCCCCN(CCCCCCCCCC=C)CC(=O)[O-].[Li+]. The topological polar surface area (TPSA) is 43.4 Å². The largest absolute Gasteiger partial charge is 1.00 e. The van der Waals surface area contributed by atoms with Gasteiger partial charge in [-0.2, -0.15) is 0 Å². The zero-order valence-electron chi connectivity index (χ0n) is 18.8. The number of carboxylic acid groups (broad SMARTS) is 1. The Morgan fingerprint density at radius 1 is 0.643 bits per heavy atom. The number of carbonyl (C=O) groups excluding carboxylic acids is 1. The summed E-state index contributed by atoms with van der Waals surface area (Å²) in [6.45, 7) is 9.38. The first-order chi connectivity index (χ1) is 13.2. The molecule has 28 heavy (non-hydrogen) atoms.